The van der Waals surface area contributed by atoms with Gasteiger partial charge in [-0.25, -0.2) is 19.9 Å². The molecule has 234 valence electrons. The molecule has 4 aromatic carbocycles. The van der Waals surface area contributed by atoms with Gasteiger partial charge in [-0.15, -0.1) is 0 Å². The predicted octanol–water partition coefficient (Wildman–Crippen LogP) is 10.5. The number of benzene rings is 4. The van der Waals surface area contributed by atoms with Gasteiger partial charge >= 0.3 is 0 Å². The van der Waals surface area contributed by atoms with Gasteiger partial charge in [0.05, 0.1) is 56.2 Å². The smallest absolute Gasteiger partial charge is 0.138 e. The lowest BCUT2D eigenvalue weighted by Crippen LogP contribution is -2.00. The third-order valence-corrected chi connectivity index (χ3v) is 9.37. The monoisotopic (exact) mass is 640 g/mol. The van der Waals surface area contributed by atoms with Crippen molar-refractivity contribution in [1.82, 2.24) is 29.1 Å². The number of nitrogens with zero attached hydrogens (tertiary/aromatic N) is 6. The zero-order valence-corrected chi connectivity index (χ0v) is 26.8. The SMILES string of the molecule is c1cc(-c2cccc(-c3cccc(-n4c5ccccc5c5ccccc54)n3)n2)nc(-c2cccc(-n3c4ccccc4c4ccccc43)n2)c1. The number of fused-ring (bicyclic) bond motifs is 6. The van der Waals surface area contributed by atoms with E-state index in [1.807, 2.05) is 60.7 Å². The molecule has 0 aliphatic rings. The number of hydrogen-bond donors (Lipinski definition) is 0. The molecule has 10 rings (SSSR count). The second kappa shape index (κ2) is 11.4. The van der Waals surface area contributed by atoms with Crippen molar-refractivity contribution in [2.75, 3.05) is 0 Å². The molecule has 6 nitrogen and oxygen atoms in total. The molecular formula is C44H28N6. The fourth-order valence-electron chi connectivity index (χ4n) is 7.16. The van der Waals surface area contributed by atoms with E-state index in [2.05, 4.69) is 118 Å². The zero-order valence-electron chi connectivity index (χ0n) is 26.8. The van der Waals surface area contributed by atoms with Crippen LogP contribution in [0.4, 0.5) is 0 Å². The molecule has 50 heavy (non-hydrogen) atoms. The zero-order chi connectivity index (χ0) is 33.0. The minimum Gasteiger partial charge on any atom is -0.294 e. The lowest BCUT2D eigenvalue weighted by molar-refractivity contribution is 1.07. The van der Waals surface area contributed by atoms with Crippen LogP contribution in [0.3, 0.4) is 0 Å². The second-order valence-corrected chi connectivity index (χ2v) is 12.3. The van der Waals surface area contributed by atoms with Crippen LogP contribution in [0.15, 0.2) is 170 Å². The summed E-state index contributed by atoms with van der Waals surface area (Å²) in [6.45, 7) is 0. The highest BCUT2D eigenvalue weighted by Crippen LogP contribution is 2.34. The highest BCUT2D eigenvalue weighted by Gasteiger charge is 2.16. The van der Waals surface area contributed by atoms with Crippen molar-refractivity contribution in [3.63, 3.8) is 0 Å². The summed E-state index contributed by atoms with van der Waals surface area (Å²) in [5.41, 5.74) is 9.18. The fourth-order valence-corrected chi connectivity index (χ4v) is 7.16. The third kappa shape index (κ3) is 4.50. The van der Waals surface area contributed by atoms with Gasteiger partial charge in [0, 0.05) is 21.5 Å². The van der Waals surface area contributed by atoms with Crippen LogP contribution < -0.4 is 0 Å². The maximum absolute atomic E-state index is 5.13. The molecule has 6 heterocycles. The van der Waals surface area contributed by atoms with E-state index >= 15 is 0 Å². The van der Waals surface area contributed by atoms with E-state index in [-0.39, 0.29) is 0 Å². The van der Waals surface area contributed by atoms with E-state index in [0.29, 0.717) is 0 Å². The minimum absolute atomic E-state index is 0.770. The van der Waals surface area contributed by atoms with Crippen LogP contribution in [0.2, 0.25) is 0 Å². The first-order chi connectivity index (χ1) is 24.8. The van der Waals surface area contributed by atoms with Gasteiger partial charge in [-0.3, -0.25) is 9.13 Å². The number of aromatic nitrogens is 6. The van der Waals surface area contributed by atoms with Gasteiger partial charge in [0.15, 0.2) is 0 Å². The van der Waals surface area contributed by atoms with Gasteiger partial charge in [-0.2, -0.15) is 0 Å². The van der Waals surface area contributed by atoms with E-state index < -0.39 is 0 Å². The normalized spacial score (nSPS) is 11.6. The molecule has 0 spiro atoms. The summed E-state index contributed by atoms with van der Waals surface area (Å²) >= 11 is 0. The molecule has 0 unspecified atom stereocenters. The second-order valence-electron chi connectivity index (χ2n) is 12.3. The quantitative estimate of drug-likeness (QED) is 0.188. The van der Waals surface area contributed by atoms with Crippen LogP contribution in [0.5, 0.6) is 0 Å². The molecule has 0 aliphatic heterocycles. The van der Waals surface area contributed by atoms with Crippen LogP contribution in [-0.4, -0.2) is 29.1 Å². The molecule has 0 radical (unpaired) electrons. The maximum atomic E-state index is 5.13. The Morgan fingerprint density at radius 2 is 0.500 bits per heavy atom. The average molecular weight is 641 g/mol. The molecule has 0 saturated carbocycles. The Hall–Kier alpha value is -6.92. The van der Waals surface area contributed by atoms with Gasteiger partial charge < -0.3 is 0 Å². The molecule has 0 amide bonds. The van der Waals surface area contributed by atoms with Crippen LogP contribution >= 0.6 is 0 Å². The van der Waals surface area contributed by atoms with Crippen molar-refractivity contribution in [3.05, 3.63) is 170 Å². The molecule has 6 aromatic heterocycles. The lowest BCUT2D eigenvalue weighted by atomic mass is 10.1. The van der Waals surface area contributed by atoms with Crippen LogP contribution in [0, 0.1) is 0 Å². The first-order valence-electron chi connectivity index (χ1n) is 16.7. The van der Waals surface area contributed by atoms with Gasteiger partial charge in [0.2, 0.25) is 0 Å². The molecule has 0 bridgehead atoms. The first kappa shape index (κ1) is 28.1. The largest absolute Gasteiger partial charge is 0.294 e. The van der Waals surface area contributed by atoms with Crippen molar-refractivity contribution in [2.24, 2.45) is 0 Å². The summed E-state index contributed by atoms with van der Waals surface area (Å²) in [6, 6.07) is 58.1. The maximum Gasteiger partial charge on any atom is 0.138 e. The highest BCUT2D eigenvalue weighted by atomic mass is 15.1. The van der Waals surface area contributed by atoms with E-state index in [1.165, 1.54) is 21.5 Å². The predicted molar refractivity (Wildman–Crippen MR) is 203 cm³/mol. The van der Waals surface area contributed by atoms with Crippen molar-refractivity contribution >= 4 is 43.6 Å². The Morgan fingerprint density at radius 3 is 0.820 bits per heavy atom. The van der Waals surface area contributed by atoms with Crippen molar-refractivity contribution in [2.45, 2.75) is 0 Å². The Bertz CT molecular complexity index is 2590. The fraction of sp³-hybridized carbons (Fsp3) is 0. The number of hydrogen-bond acceptors (Lipinski definition) is 4. The molecule has 0 aliphatic carbocycles. The first-order valence-corrected chi connectivity index (χ1v) is 16.7. The number of pyridine rings is 4. The van der Waals surface area contributed by atoms with Gasteiger partial charge in [0.1, 0.15) is 11.6 Å². The summed E-state index contributed by atoms with van der Waals surface area (Å²) in [4.78, 5) is 20.4. The molecule has 0 atom stereocenters. The van der Waals surface area contributed by atoms with E-state index in [0.717, 1.165) is 67.9 Å². The highest BCUT2D eigenvalue weighted by molar-refractivity contribution is 6.10. The average Bonchev–Trinajstić information content (AvgIpc) is 3.71. The van der Waals surface area contributed by atoms with Gasteiger partial charge in [-0.05, 0) is 72.8 Å². The van der Waals surface area contributed by atoms with Crippen LogP contribution in [0.1, 0.15) is 0 Å². The summed E-state index contributed by atoms with van der Waals surface area (Å²) in [7, 11) is 0. The summed E-state index contributed by atoms with van der Waals surface area (Å²) in [5.74, 6) is 1.70. The number of rotatable bonds is 5. The van der Waals surface area contributed by atoms with Gasteiger partial charge in [0.25, 0.3) is 0 Å². The Morgan fingerprint density at radius 1 is 0.240 bits per heavy atom. The minimum atomic E-state index is 0.770. The lowest BCUT2D eigenvalue weighted by Gasteiger charge is -2.10. The molecule has 0 fully saturated rings. The van der Waals surface area contributed by atoms with E-state index in [1.54, 1.807) is 0 Å². The van der Waals surface area contributed by atoms with Crippen molar-refractivity contribution in [3.8, 4) is 45.8 Å². The number of para-hydroxylation sites is 4. The Balaban J connectivity index is 1.03. The van der Waals surface area contributed by atoms with Crippen LogP contribution in [0.25, 0.3) is 89.4 Å². The molecule has 0 N–H and O–H groups in total. The van der Waals surface area contributed by atoms with Crippen LogP contribution in [-0.2, 0) is 0 Å². The third-order valence-electron chi connectivity index (χ3n) is 9.37. The summed E-state index contributed by atoms with van der Waals surface area (Å²) in [6.07, 6.45) is 0. The van der Waals surface area contributed by atoms with Crippen molar-refractivity contribution in [1.29, 1.82) is 0 Å². The van der Waals surface area contributed by atoms with E-state index in [9.17, 15) is 0 Å². The van der Waals surface area contributed by atoms with E-state index in [4.69, 9.17) is 19.9 Å². The summed E-state index contributed by atoms with van der Waals surface area (Å²) in [5, 5.41) is 4.82. The van der Waals surface area contributed by atoms with Crippen molar-refractivity contribution < 1.29 is 0 Å². The Kier molecular flexibility index (Phi) is 6.39. The molecule has 6 heteroatoms. The molecular weight excluding hydrogens is 613 g/mol. The topological polar surface area (TPSA) is 61.4 Å². The standard InChI is InChI=1S/C44H28N6/c1-5-23-39-29(13-1)30-14-2-6-24-40(30)49(39)43-27-11-21-37(47-43)35-19-9-17-33(45-35)34-18-10-20-36(46-34)38-22-12-28-44(48-38)50-41-25-7-3-15-31(41)32-16-4-8-26-42(32)50/h1-28H. The summed E-state index contributed by atoms with van der Waals surface area (Å²) < 4.78 is 4.45. The Labute approximate surface area is 287 Å². The molecule has 0 saturated heterocycles. The molecule has 10 aromatic rings. The van der Waals surface area contributed by atoms with Gasteiger partial charge in [-0.1, -0.05) is 97.1 Å².